The summed E-state index contributed by atoms with van der Waals surface area (Å²) in [4.78, 5) is 9.92. The zero-order valence-corrected chi connectivity index (χ0v) is 27.2. The zero-order chi connectivity index (χ0) is 29.2. The Bertz CT molecular complexity index is 1650. The van der Waals surface area contributed by atoms with E-state index in [1.165, 1.54) is 11.1 Å². The van der Waals surface area contributed by atoms with Crippen LogP contribution in [0.5, 0.6) is 0 Å². The fraction of sp³-hybridized carbons (Fsp3) is 0.312. The van der Waals surface area contributed by atoms with Crippen molar-refractivity contribution in [3.8, 4) is 11.4 Å². The molecule has 3 heterocycles. The maximum absolute atomic E-state index is 5.25. The molecule has 0 bridgehead atoms. The molecule has 0 aliphatic carbocycles. The topological polar surface area (TPSA) is 85.9 Å². The summed E-state index contributed by atoms with van der Waals surface area (Å²) in [5.41, 5.74) is 5.23. The lowest BCUT2D eigenvalue weighted by Gasteiger charge is -2.38. The average Bonchev–Trinajstić information content (AvgIpc) is 3.36. The van der Waals surface area contributed by atoms with Gasteiger partial charge in [-0.1, -0.05) is 70.0 Å². The van der Waals surface area contributed by atoms with E-state index in [4.69, 9.17) is 15.2 Å². The van der Waals surface area contributed by atoms with E-state index in [0.29, 0.717) is 30.9 Å². The second-order valence-corrected chi connectivity index (χ2v) is 13.1. The molecular formula is C32H34Br2N8. The second-order valence-electron chi connectivity index (χ2n) is 11.2. The minimum atomic E-state index is 0.360. The van der Waals surface area contributed by atoms with Crippen LogP contribution in [0.1, 0.15) is 30.7 Å². The van der Waals surface area contributed by atoms with Crippen molar-refractivity contribution < 1.29 is 0 Å². The lowest BCUT2D eigenvalue weighted by Crippen LogP contribution is -2.53. The Morgan fingerprint density at radius 1 is 0.952 bits per heavy atom. The third-order valence-corrected chi connectivity index (χ3v) is 8.77. The lowest BCUT2D eigenvalue weighted by atomic mass is 10.0. The molecule has 216 valence electrons. The first kappa shape index (κ1) is 28.8. The quantitative estimate of drug-likeness (QED) is 0.184. The molecule has 2 N–H and O–H groups in total. The number of aryl methyl sites for hydroxylation is 1. The van der Waals surface area contributed by atoms with Crippen LogP contribution in [0.25, 0.3) is 22.3 Å². The predicted molar refractivity (Wildman–Crippen MR) is 177 cm³/mol. The van der Waals surface area contributed by atoms with Gasteiger partial charge in [-0.2, -0.15) is 5.10 Å². The number of H-pyrrole nitrogens is 1. The molecule has 1 aliphatic rings. The van der Waals surface area contributed by atoms with Gasteiger partial charge in [0, 0.05) is 64.4 Å². The van der Waals surface area contributed by atoms with E-state index in [-0.39, 0.29) is 0 Å². The molecule has 1 atom stereocenters. The Morgan fingerprint density at radius 2 is 1.67 bits per heavy atom. The Morgan fingerprint density at radius 3 is 2.33 bits per heavy atom. The monoisotopic (exact) mass is 688 g/mol. The molecule has 1 fully saturated rings. The molecular weight excluding hydrogens is 656 g/mol. The normalized spacial score (nSPS) is 15.5. The fourth-order valence-electron chi connectivity index (χ4n) is 5.46. The third kappa shape index (κ3) is 6.35. The van der Waals surface area contributed by atoms with Crippen LogP contribution in [0, 0.1) is 12.8 Å². The lowest BCUT2D eigenvalue weighted by molar-refractivity contribution is 0.367. The maximum Gasteiger partial charge on any atom is 0.195 e. The molecule has 0 saturated carbocycles. The van der Waals surface area contributed by atoms with E-state index in [9.17, 15) is 0 Å². The number of fused-ring (bicyclic) bond motifs is 1. The average molecular weight is 690 g/mol. The van der Waals surface area contributed by atoms with Crippen LogP contribution in [0.15, 0.2) is 75.7 Å². The van der Waals surface area contributed by atoms with Gasteiger partial charge in [-0.25, -0.2) is 4.98 Å². The van der Waals surface area contributed by atoms with E-state index in [2.05, 4.69) is 126 Å². The van der Waals surface area contributed by atoms with Gasteiger partial charge in [0.15, 0.2) is 17.5 Å². The van der Waals surface area contributed by atoms with Gasteiger partial charge in [0.2, 0.25) is 0 Å². The third-order valence-electron chi connectivity index (χ3n) is 7.79. The van der Waals surface area contributed by atoms with E-state index in [0.717, 1.165) is 62.4 Å². The summed E-state index contributed by atoms with van der Waals surface area (Å²) >= 11 is 7.30. The molecule has 2 aromatic heterocycles. The number of rotatable bonds is 8. The molecule has 0 amide bonds. The van der Waals surface area contributed by atoms with E-state index in [1.54, 1.807) is 0 Å². The molecule has 0 spiro atoms. The first-order chi connectivity index (χ1) is 20.3. The summed E-state index contributed by atoms with van der Waals surface area (Å²) < 4.78 is 2.10. The van der Waals surface area contributed by atoms with Gasteiger partial charge < -0.3 is 15.1 Å². The van der Waals surface area contributed by atoms with Gasteiger partial charge in [0.1, 0.15) is 0 Å². The first-order valence-electron chi connectivity index (χ1n) is 14.3. The minimum Gasteiger partial charge on any atom is -0.351 e. The summed E-state index contributed by atoms with van der Waals surface area (Å²) in [5.74, 6) is 2.75. The maximum atomic E-state index is 5.25. The summed E-state index contributed by atoms with van der Waals surface area (Å²) in [6.07, 6.45) is 0. The fourth-order valence-corrected chi connectivity index (χ4v) is 6.36. The van der Waals surface area contributed by atoms with Gasteiger partial charge in [-0.15, -0.1) is 10.2 Å². The van der Waals surface area contributed by atoms with Gasteiger partial charge >= 0.3 is 0 Å². The Labute approximate surface area is 263 Å². The van der Waals surface area contributed by atoms with Crippen LogP contribution < -0.4 is 15.1 Å². The van der Waals surface area contributed by atoms with Gasteiger partial charge in [0.25, 0.3) is 0 Å². The van der Waals surface area contributed by atoms with Gasteiger partial charge in [-0.05, 0) is 66.4 Å². The van der Waals surface area contributed by atoms with Crippen LogP contribution in [0.4, 0.5) is 11.6 Å². The van der Waals surface area contributed by atoms with Crippen LogP contribution >= 0.6 is 31.9 Å². The molecule has 3 aromatic carbocycles. The van der Waals surface area contributed by atoms with Crippen LogP contribution in [-0.4, -0.2) is 51.1 Å². The van der Waals surface area contributed by atoms with Crippen molar-refractivity contribution in [2.24, 2.45) is 5.92 Å². The zero-order valence-electron chi connectivity index (χ0n) is 24.0. The summed E-state index contributed by atoms with van der Waals surface area (Å²) in [6, 6.07) is 23.4. The van der Waals surface area contributed by atoms with Crippen LogP contribution in [0.3, 0.4) is 0 Å². The summed E-state index contributed by atoms with van der Waals surface area (Å²) in [6.45, 7) is 10.5. The molecule has 1 saturated heterocycles. The number of nitrogens with one attached hydrogen (secondary N) is 2. The number of anilines is 2. The second kappa shape index (κ2) is 12.5. The number of benzene rings is 3. The number of aromatic amines is 1. The van der Waals surface area contributed by atoms with Crippen LogP contribution in [0.2, 0.25) is 0 Å². The highest BCUT2D eigenvalue weighted by molar-refractivity contribution is 9.10. The number of nitrogens with zero attached hydrogens (tertiary/aromatic N) is 6. The number of hydrogen-bond donors (Lipinski definition) is 2. The molecule has 0 radical (unpaired) electrons. The first-order valence-corrected chi connectivity index (χ1v) is 15.8. The molecule has 6 rings (SSSR count). The summed E-state index contributed by atoms with van der Waals surface area (Å²) in [7, 11) is 0. The number of halogens is 2. The molecule has 5 aromatic rings. The Kier molecular flexibility index (Phi) is 8.55. The molecule has 10 heteroatoms. The number of aromatic nitrogens is 5. The van der Waals surface area contributed by atoms with Crippen molar-refractivity contribution >= 4 is 54.4 Å². The highest BCUT2D eigenvalue weighted by atomic mass is 79.9. The van der Waals surface area contributed by atoms with Crippen molar-refractivity contribution in [3.63, 3.8) is 0 Å². The van der Waals surface area contributed by atoms with Gasteiger partial charge in [-0.3, -0.25) is 5.10 Å². The highest BCUT2D eigenvalue weighted by Gasteiger charge is 2.28. The van der Waals surface area contributed by atoms with Crippen molar-refractivity contribution in [3.05, 3.63) is 92.5 Å². The van der Waals surface area contributed by atoms with E-state index < -0.39 is 0 Å². The largest absolute Gasteiger partial charge is 0.351 e. The molecule has 1 unspecified atom stereocenters. The van der Waals surface area contributed by atoms with E-state index in [1.807, 2.05) is 19.1 Å². The molecule has 8 nitrogen and oxygen atoms in total. The molecule has 1 aliphatic heterocycles. The number of hydrogen-bond acceptors (Lipinski definition) is 7. The minimum absolute atomic E-state index is 0.360. The predicted octanol–water partition coefficient (Wildman–Crippen LogP) is 6.89. The Hall–Kier alpha value is -3.34. The molecule has 42 heavy (non-hydrogen) atoms. The summed E-state index contributed by atoms with van der Waals surface area (Å²) in [5, 5.41) is 21.9. The Balaban J connectivity index is 1.46. The van der Waals surface area contributed by atoms with E-state index >= 15 is 0 Å². The van der Waals surface area contributed by atoms with Crippen molar-refractivity contribution in [1.29, 1.82) is 0 Å². The van der Waals surface area contributed by atoms with Crippen molar-refractivity contribution in [1.82, 2.24) is 30.7 Å². The van der Waals surface area contributed by atoms with Crippen LogP contribution in [-0.2, 0) is 13.1 Å². The van der Waals surface area contributed by atoms with Gasteiger partial charge in [0.05, 0.1) is 5.52 Å². The highest BCUT2D eigenvalue weighted by Crippen LogP contribution is 2.32. The van der Waals surface area contributed by atoms with Crippen molar-refractivity contribution in [2.45, 2.75) is 39.9 Å². The smallest absolute Gasteiger partial charge is 0.195 e. The standard InChI is InChI=1S/C32H34Br2N8/c1-20(2)29-19-41(13-12-35-29)31-32(40-39-30(36-31)24-10-11-28-27(16-24)21(3)37-38-28)42(17-22-6-4-8-25(33)14-22)18-23-7-5-9-26(34)15-23/h4-11,14-16,20,29,35H,12-13,17-19H2,1-3H3,(H,37,38). The van der Waals surface area contributed by atoms with Crippen molar-refractivity contribution in [2.75, 3.05) is 29.4 Å². The SMILES string of the molecule is Cc1[nH]nc2ccc(-c3nnc(N(Cc4cccc(Br)c4)Cc4cccc(Br)c4)c(N4CCNC(C(C)C)C4)n3)cc12. The number of piperazine rings is 1.